The fraction of sp³-hybridized carbons (Fsp3) is 0. The van der Waals surface area contributed by atoms with Gasteiger partial charge in [-0.05, 0) is 59.0 Å². The summed E-state index contributed by atoms with van der Waals surface area (Å²) in [4.78, 5) is 0. The summed E-state index contributed by atoms with van der Waals surface area (Å²) >= 11 is 5.71. The highest BCUT2D eigenvalue weighted by Gasteiger charge is 2.09. The van der Waals surface area contributed by atoms with Gasteiger partial charge in [0, 0.05) is 13.6 Å². The van der Waals surface area contributed by atoms with Crippen molar-refractivity contribution in [2.24, 2.45) is 0 Å². The lowest BCUT2D eigenvalue weighted by Crippen LogP contribution is -1.94. The zero-order valence-electron chi connectivity index (χ0n) is 10.4. The molecule has 3 rings (SSSR count). The Morgan fingerprint density at radius 1 is 1.00 bits per heavy atom. The van der Waals surface area contributed by atoms with E-state index in [1.807, 2.05) is 54.7 Å². The van der Waals surface area contributed by atoms with E-state index in [2.05, 4.69) is 43.6 Å². The standard InChI is InChI=1S/C15H11BrIN3/c16-11-3-7-13(8-4-11)20-9-14(18)15(19-20)10-1-5-12(17)6-2-10/h1-9H,18H2. The molecule has 1 heterocycles. The molecular weight excluding hydrogens is 429 g/mol. The first-order valence-corrected chi connectivity index (χ1v) is 7.88. The van der Waals surface area contributed by atoms with Crippen molar-refractivity contribution in [2.75, 3.05) is 5.73 Å². The fourth-order valence-electron chi connectivity index (χ4n) is 1.95. The normalized spacial score (nSPS) is 10.7. The molecule has 20 heavy (non-hydrogen) atoms. The van der Waals surface area contributed by atoms with Crippen LogP contribution in [0.5, 0.6) is 0 Å². The molecule has 0 saturated carbocycles. The van der Waals surface area contributed by atoms with E-state index in [9.17, 15) is 0 Å². The maximum absolute atomic E-state index is 6.08. The van der Waals surface area contributed by atoms with Crippen molar-refractivity contribution in [3.8, 4) is 16.9 Å². The molecule has 5 heteroatoms. The average Bonchev–Trinajstić information content (AvgIpc) is 2.82. The number of aromatic nitrogens is 2. The molecule has 0 aliphatic heterocycles. The van der Waals surface area contributed by atoms with E-state index in [-0.39, 0.29) is 0 Å². The molecule has 100 valence electrons. The molecule has 3 nitrogen and oxygen atoms in total. The molecule has 0 amide bonds. The van der Waals surface area contributed by atoms with E-state index in [4.69, 9.17) is 5.73 Å². The number of hydrogen-bond acceptors (Lipinski definition) is 2. The summed E-state index contributed by atoms with van der Waals surface area (Å²) in [5.74, 6) is 0. The van der Waals surface area contributed by atoms with Crippen LogP contribution in [0, 0.1) is 3.57 Å². The zero-order valence-corrected chi connectivity index (χ0v) is 14.2. The van der Waals surface area contributed by atoms with Crippen LogP contribution in [0.1, 0.15) is 0 Å². The monoisotopic (exact) mass is 439 g/mol. The number of benzene rings is 2. The minimum atomic E-state index is 0.675. The predicted octanol–water partition coefficient (Wildman–Crippen LogP) is 4.49. The Labute approximate surface area is 139 Å². The Balaban J connectivity index is 2.02. The first-order chi connectivity index (χ1) is 9.63. The van der Waals surface area contributed by atoms with Crippen LogP contribution in [0.3, 0.4) is 0 Å². The third kappa shape index (κ3) is 2.73. The van der Waals surface area contributed by atoms with Crippen LogP contribution in [-0.2, 0) is 0 Å². The molecule has 0 radical (unpaired) electrons. The molecule has 0 spiro atoms. The van der Waals surface area contributed by atoms with E-state index in [0.717, 1.165) is 21.4 Å². The second-order valence-electron chi connectivity index (χ2n) is 4.36. The fourth-order valence-corrected chi connectivity index (χ4v) is 2.57. The van der Waals surface area contributed by atoms with E-state index < -0.39 is 0 Å². The van der Waals surface area contributed by atoms with Crippen molar-refractivity contribution in [3.05, 3.63) is 62.8 Å². The SMILES string of the molecule is Nc1cn(-c2ccc(Br)cc2)nc1-c1ccc(I)cc1. The molecule has 2 N–H and O–H groups in total. The molecule has 1 aromatic heterocycles. The van der Waals surface area contributed by atoms with Gasteiger partial charge in [0.25, 0.3) is 0 Å². The van der Waals surface area contributed by atoms with Crippen molar-refractivity contribution in [1.82, 2.24) is 9.78 Å². The van der Waals surface area contributed by atoms with E-state index >= 15 is 0 Å². The van der Waals surface area contributed by atoms with Crippen molar-refractivity contribution in [2.45, 2.75) is 0 Å². The van der Waals surface area contributed by atoms with Gasteiger partial charge < -0.3 is 5.73 Å². The van der Waals surface area contributed by atoms with E-state index in [0.29, 0.717) is 5.69 Å². The van der Waals surface area contributed by atoms with Crippen LogP contribution >= 0.6 is 38.5 Å². The highest BCUT2D eigenvalue weighted by Crippen LogP contribution is 2.26. The lowest BCUT2D eigenvalue weighted by Gasteiger charge is -2.01. The number of anilines is 1. The van der Waals surface area contributed by atoms with Gasteiger partial charge in [0.1, 0.15) is 5.69 Å². The Hall–Kier alpha value is -1.34. The number of nitrogen functional groups attached to an aromatic ring is 1. The first kappa shape index (κ1) is 13.6. The maximum Gasteiger partial charge on any atom is 0.116 e. The third-order valence-corrected chi connectivity index (χ3v) is 4.20. The Morgan fingerprint density at radius 2 is 1.65 bits per heavy atom. The van der Waals surface area contributed by atoms with E-state index in [1.54, 1.807) is 4.68 Å². The van der Waals surface area contributed by atoms with Crippen LogP contribution in [0.15, 0.2) is 59.2 Å². The van der Waals surface area contributed by atoms with Gasteiger partial charge in [0.05, 0.1) is 17.6 Å². The van der Waals surface area contributed by atoms with Gasteiger partial charge in [0.2, 0.25) is 0 Å². The predicted molar refractivity (Wildman–Crippen MR) is 93.8 cm³/mol. The lowest BCUT2D eigenvalue weighted by atomic mass is 10.1. The van der Waals surface area contributed by atoms with Gasteiger partial charge in [-0.25, -0.2) is 4.68 Å². The van der Waals surface area contributed by atoms with Gasteiger partial charge in [0.15, 0.2) is 0 Å². The minimum Gasteiger partial charge on any atom is -0.396 e. The van der Waals surface area contributed by atoms with Crippen LogP contribution in [0.2, 0.25) is 0 Å². The van der Waals surface area contributed by atoms with Crippen molar-refractivity contribution >= 4 is 44.2 Å². The summed E-state index contributed by atoms with van der Waals surface area (Å²) < 4.78 is 4.03. The van der Waals surface area contributed by atoms with E-state index in [1.165, 1.54) is 3.57 Å². The molecule has 0 bridgehead atoms. The molecule has 0 atom stereocenters. The third-order valence-electron chi connectivity index (χ3n) is 2.95. The van der Waals surface area contributed by atoms with Crippen LogP contribution < -0.4 is 5.73 Å². The number of rotatable bonds is 2. The molecule has 0 aliphatic rings. The molecule has 0 fully saturated rings. The van der Waals surface area contributed by atoms with Crippen molar-refractivity contribution in [1.29, 1.82) is 0 Å². The summed E-state index contributed by atoms with van der Waals surface area (Å²) in [6.45, 7) is 0. The summed E-state index contributed by atoms with van der Waals surface area (Å²) in [7, 11) is 0. The quantitative estimate of drug-likeness (QED) is 0.598. The summed E-state index contributed by atoms with van der Waals surface area (Å²) in [6.07, 6.45) is 1.84. The molecule has 0 unspecified atom stereocenters. The minimum absolute atomic E-state index is 0.675. The van der Waals surface area contributed by atoms with Gasteiger partial charge in [-0.1, -0.05) is 28.1 Å². The summed E-state index contributed by atoms with van der Waals surface area (Å²) in [6, 6.07) is 16.1. The highest BCUT2D eigenvalue weighted by molar-refractivity contribution is 14.1. The topological polar surface area (TPSA) is 43.8 Å². The number of hydrogen-bond donors (Lipinski definition) is 1. The zero-order chi connectivity index (χ0) is 14.1. The summed E-state index contributed by atoms with van der Waals surface area (Å²) in [5, 5.41) is 4.58. The molecule has 2 aromatic carbocycles. The highest BCUT2D eigenvalue weighted by atomic mass is 127. The Morgan fingerprint density at radius 3 is 2.30 bits per heavy atom. The molecule has 3 aromatic rings. The second kappa shape index (κ2) is 5.57. The van der Waals surface area contributed by atoms with Gasteiger partial charge in [-0.3, -0.25) is 0 Å². The van der Waals surface area contributed by atoms with Gasteiger partial charge >= 0.3 is 0 Å². The maximum atomic E-state index is 6.08. The van der Waals surface area contributed by atoms with Crippen LogP contribution in [0.25, 0.3) is 16.9 Å². The van der Waals surface area contributed by atoms with Gasteiger partial charge in [-0.15, -0.1) is 0 Å². The largest absolute Gasteiger partial charge is 0.396 e. The Bertz CT molecular complexity index is 733. The Kier molecular flexibility index (Phi) is 3.80. The summed E-state index contributed by atoms with van der Waals surface area (Å²) in [5.41, 5.74) is 9.58. The second-order valence-corrected chi connectivity index (χ2v) is 6.52. The van der Waals surface area contributed by atoms with Crippen molar-refractivity contribution in [3.63, 3.8) is 0 Å². The number of nitrogens with zero attached hydrogens (tertiary/aromatic N) is 2. The van der Waals surface area contributed by atoms with Crippen molar-refractivity contribution < 1.29 is 0 Å². The van der Waals surface area contributed by atoms with Crippen LogP contribution in [-0.4, -0.2) is 9.78 Å². The average molecular weight is 440 g/mol. The van der Waals surface area contributed by atoms with Gasteiger partial charge in [-0.2, -0.15) is 5.10 Å². The molecule has 0 saturated heterocycles. The number of nitrogens with two attached hydrogens (primary N) is 1. The number of halogens is 2. The smallest absolute Gasteiger partial charge is 0.116 e. The molecular formula is C15H11BrIN3. The van der Waals surface area contributed by atoms with Crippen LogP contribution in [0.4, 0.5) is 5.69 Å². The first-order valence-electron chi connectivity index (χ1n) is 6.00. The lowest BCUT2D eigenvalue weighted by molar-refractivity contribution is 0.884. The molecule has 0 aliphatic carbocycles.